The lowest BCUT2D eigenvalue weighted by Crippen LogP contribution is -2.56. The van der Waals surface area contributed by atoms with Crippen molar-refractivity contribution in [2.45, 2.75) is 67.3 Å². The molecule has 1 amide bonds. The Bertz CT molecular complexity index is 2010. The van der Waals surface area contributed by atoms with E-state index < -0.39 is 45.6 Å². The molecule has 0 radical (unpaired) electrons. The highest BCUT2D eigenvalue weighted by Gasteiger charge is 2.50. The Labute approximate surface area is 301 Å². The van der Waals surface area contributed by atoms with Crippen molar-refractivity contribution in [2.75, 3.05) is 13.1 Å². The maximum Gasteiger partial charge on any atom is 0.490 e. The number of benzene rings is 4. The number of carboxylic acid groups (broad SMARTS) is 1. The number of nitrogens with zero attached hydrogens (tertiary/aromatic N) is 1. The second kappa shape index (κ2) is 15.7. The van der Waals surface area contributed by atoms with Gasteiger partial charge in [0.25, 0.3) is 5.92 Å². The molecule has 16 heteroatoms. The van der Waals surface area contributed by atoms with Gasteiger partial charge in [-0.2, -0.15) is 26.7 Å². The van der Waals surface area contributed by atoms with Crippen LogP contribution in [-0.2, 0) is 25.5 Å². The summed E-state index contributed by atoms with van der Waals surface area (Å²) in [6.45, 7) is 0.217. The van der Waals surface area contributed by atoms with Crippen LogP contribution < -0.4 is 15.2 Å². The van der Waals surface area contributed by atoms with Gasteiger partial charge in [-0.3, -0.25) is 4.79 Å². The number of rotatable bonds is 9. The van der Waals surface area contributed by atoms with Crippen LogP contribution in [0.25, 0.3) is 21.9 Å². The van der Waals surface area contributed by atoms with Crippen LogP contribution in [0.3, 0.4) is 0 Å². The Morgan fingerprint density at radius 1 is 0.865 bits per heavy atom. The fraction of sp³-hybridized carbons (Fsp3) is 0.333. The molecule has 278 valence electrons. The highest BCUT2D eigenvalue weighted by molar-refractivity contribution is 7.89. The number of carboxylic acids is 1. The van der Waals surface area contributed by atoms with Crippen LogP contribution in [0.5, 0.6) is 5.75 Å². The topological polar surface area (TPSA) is 139 Å². The number of carbonyl (C=O) groups is 2. The van der Waals surface area contributed by atoms with Crippen LogP contribution in [0.15, 0.2) is 89.8 Å². The van der Waals surface area contributed by atoms with Crippen molar-refractivity contribution in [3.05, 3.63) is 95.5 Å². The maximum atomic E-state index is 16.3. The number of ether oxygens (including phenoxy) is 1. The van der Waals surface area contributed by atoms with Crippen molar-refractivity contribution in [3.8, 4) is 16.9 Å². The van der Waals surface area contributed by atoms with Gasteiger partial charge in [-0.1, -0.05) is 60.1 Å². The lowest BCUT2D eigenvalue weighted by atomic mass is 9.97. The van der Waals surface area contributed by atoms with E-state index in [1.54, 1.807) is 42.5 Å². The van der Waals surface area contributed by atoms with Gasteiger partial charge in [-0.05, 0) is 90.4 Å². The lowest BCUT2D eigenvalue weighted by Gasteiger charge is -2.30. The minimum atomic E-state index is -5.08. The number of hydrogen-bond acceptors (Lipinski definition) is 6. The maximum absolute atomic E-state index is 16.3. The summed E-state index contributed by atoms with van der Waals surface area (Å²) in [6, 6.07) is 19.3. The molecule has 4 aromatic carbocycles. The zero-order chi connectivity index (χ0) is 37.8. The second-order valence-corrected chi connectivity index (χ2v) is 14.7. The highest BCUT2D eigenvalue weighted by atomic mass is 35.5. The van der Waals surface area contributed by atoms with Gasteiger partial charge in [0.05, 0.1) is 11.0 Å². The van der Waals surface area contributed by atoms with Gasteiger partial charge in [0.1, 0.15) is 5.75 Å². The van der Waals surface area contributed by atoms with E-state index in [4.69, 9.17) is 32.0 Å². The molecule has 6 rings (SSSR count). The lowest BCUT2D eigenvalue weighted by molar-refractivity contribution is -0.192. The Hall–Kier alpha value is -4.31. The Kier molecular flexibility index (Phi) is 11.8. The van der Waals surface area contributed by atoms with E-state index in [1.807, 2.05) is 6.07 Å². The number of hydrogen-bond donors (Lipinski definition) is 3. The van der Waals surface area contributed by atoms with Gasteiger partial charge in [0, 0.05) is 29.7 Å². The molecule has 52 heavy (non-hydrogen) atoms. The molecule has 0 aromatic heterocycles. The van der Waals surface area contributed by atoms with E-state index in [1.165, 1.54) is 41.3 Å². The summed E-state index contributed by atoms with van der Waals surface area (Å²) in [5.41, 5.74) is 6.88. The molecule has 9 nitrogen and oxygen atoms in total. The molecule has 0 bridgehead atoms. The number of nitrogens with two attached hydrogens (primary N) is 1. The summed E-state index contributed by atoms with van der Waals surface area (Å²) < 4.78 is 99.7. The first-order valence-electron chi connectivity index (χ1n) is 16.3. The molecular weight excluding hydrogens is 733 g/mol. The minimum absolute atomic E-state index is 0.0594. The summed E-state index contributed by atoms with van der Waals surface area (Å²) >= 11 is 5.97. The van der Waals surface area contributed by atoms with Crippen LogP contribution in [0.2, 0.25) is 5.02 Å². The van der Waals surface area contributed by atoms with E-state index in [0.29, 0.717) is 28.1 Å². The number of carbonyl (C=O) groups excluding carboxylic acids is 1. The standard InChI is InChI=1S/C34H34ClF2N3O4S.C2HF3O2/c35-27-13-7-23(8-14-27)22-5-11-26(12-6-22)34(36,37)32(33(41)40-18-17-28(38)21-40)39-45(42,43)31-16-10-24-19-30(15-9-25(24)20-31)44-29-3-1-2-4-29;3-2(4,5)1(6)7/h5-16,19-20,28-29,32,39H,1-4,17-18,21,38H2;(H,6,7)/t28-,32-;/m0./s1. The number of nitrogens with one attached hydrogen (secondary N) is 1. The van der Waals surface area contributed by atoms with Crippen molar-refractivity contribution in [1.29, 1.82) is 0 Å². The molecule has 2 atom stereocenters. The van der Waals surface area contributed by atoms with Crippen molar-refractivity contribution in [1.82, 2.24) is 9.62 Å². The van der Waals surface area contributed by atoms with Gasteiger partial charge < -0.3 is 20.5 Å². The van der Waals surface area contributed by atoms with Crippen LogP contribution in [-0.4, -0.2) is 67.8 Å². The number of amides is 1. The average molecular weight is 768 g/mol. The Balaban J connectivity index is 0.000000679. The van der Waals surface area contributed by atoms with Crippen molar-refractivity contribution in [3.63, 3.8) is 0 Å². The molecule has 4 N–H and O–H groups in total. The SMILES string of the molecule is N[C@H]1CCN(C(=O)[C@H](NS(=O)(=O)c2ccc3cc(OC4CCCC4)ccc3c2)C(F)(F)c2ccc(-c3ccc(Cl)cc3)cc2)C1.O=C(O)C(F)(F)F. The van der Waals surface area contributed by atoms with Crippen molar-refractivity contribution in [2.24, 2.45) is 5.73 Å². The van der Waals surface area contributed by atoms with E-state index in [9.17, 15) is 26.4 Å². The largest absolute Gasteiger partial charge is 0.490 e. The van der Waals surface area contributed by atoms with Crippen molar-refractivity contribution >= 4 is 44.3 Å². The first-order valence-corrected chi connectivity index (χ1v) is 18.1. The van der Waals surface area contributed by atoms with Crippen LogP contribution in [0.1, 0.15) is 37.7 Å². The Morgan fingerprint density at radius 3 is 1.98 bits per heavy atom. The molecule has 1 heterocycles. The zero-order valence-electron chi connectivity index (χ0n) is 27.5. The van der Waals surface area contributed by atoms with Crippen molar-refractivity contribution < 1.29 is 49.8 Å². The summed E-state index contributed by atoms with van der Waals surface area (Å²) in [5.74, 6) is -6.99. The first-order chi connectivity index (χ1) is 24.4. The highest BCUT2D eigenvalue weighted by Crippen LogP contribution is 2.36. The molecule has 2 fully saturated rings. The van der Waals surface area contributed by atoms with Gasteiger partial charge >= 0.3 is 12.1 Å². The van der Waals surface area contributed by atoms with Gasteiger partial charge in [0.15, 0.2) is 6.04 Å². The average Bonchev–Trinajstić information content (AvgIpc) is 3.78. The minimum Gasteiger partial charge on any atom is -0.490 e. The number of fused-ring (bicyclic) bond motifs is 1. The molecule has 1 saturated heterocycles. The molecule has 2 aliphatic rings. The second-order valence-electron chi connectivity index (χ2n) is 12.6. The summed E-state index contributed by atoms with van der Waals surface area (Å²) in [5, 5.41) is 9.01. The van der Waals surface area contributed by atoms with Gasteiger partial charge in [-0.25, -0.2) is 13.2 Å². The predicted octanol–water partition coefficient (Wildman–Crippen LogP) is 7.11. The molecule has 4 aromatic rings. The number of alkyl halides is 5. The molecule has 1 aliphatic carbocycles. The van der Waals surface area contributed by atoms with Crippen LogP contribution >= 0.6 is 11.6 Å². The number of halogens is 6. The van der Waals surface area contributed by atoms with E-state index in [2.05, 4.69) is 4.72 Å². The number of aliphatic carboxylic acids is 1. The monoisotopic (exact) mass is 767 g/mol. The van der Waals surface area contributed by atoms with E-state index in [0.717, 1.165) is 36.6 Å². The summed E-state index contributed by atoms with van der Waals surface area (Å²) in [4.78, 5) is 23.4. The third-order valence-electron chi connectivity index (χ3n) is 8.81. The van der Waals surface area contributed by atoms with Crippen LogP contribution in [0.4, 0.5) is 22.0 Å². The number of sulfonamides is 1. The Morgan fingerprint density at radius 2 is 1.42 bits per heavy atom. The molecule has 1 saturated carbocycles. The predicted molar refractivity (Wildman–Crippen MR) is 185 cm³/mol. The number of likely N-dealkylation sites (tertiary alicyclic amines) is 1. The van der Waals surface area contributed by atoms with E-state index >= 15 is 8.78 Å². The third-order valence-corrected chi connectivity index (χ3v) is 10.5. The molecular formula is C36H35ClF5N3O6S. The molecule has 0 spiro atoms. The quantitative estimate of drug-likeness (QED) is 0.154. The van der Waals surface area contributed by atoms with Crippen LogP contribution in [0, 0.1) is 0 Å². The summed E-state index contributed by atoms with van der Waals surface area (Å²) in [7, 11) is -4.57. The van der Waals surface area contributed by atoms with Gasteiger partial charge in [-0.15, -0.1) is 0 Å². The van der Waals surface area contributed by atoms with E-state index in [-0.39, 0.29) is 30.1 Å². The first kappa shape index (κ1) is 38.9. The van der Waals surface area contributed by atoms with Gasteiger partial charge in [0.2, 0.25) is 15.9 Å². The third kappa shape index (κ3) is 9.37. The molecule has 0 unspecified atom stereocenters. The normalized spacial score (nSPS) is 17.4. The summed E-state index contributed by atoms with van der Waals surface area (Å²) in [6.07, 6.45) is -0.212. The fourth-order valence-electron chi connectivity index (χ4n) is 6.01. The molecule has 1 aliphatic heterocycles. The zero-order valence-corrected chi connectivity index (χ0v) is 29.0. The fourth-order valence-corrected chi connectivity index (χ4v) is 7.36. The smallest absolute Gasteiger partial charge is 0.490 e.